The molecule has 2 aliphatic rings. The lowest BCUT2D eigenvalue weighted by molar-refractivity contribution is -0.140. The summed E-state index contributed by atoms with van der Waals surface area (Å²) in [6, 6.07) is 12.6. The quantitative estimate of drug-likeness (QED) is 0.224. The van der Waals surface area contributed by atoms with Crippen LogP contribution in [0.15, 0.2) is 59.0 Å². The normalized spacial score (nSPS) is 20.4. The number of morpholine rings is 1. The minimum absolute atomic E-state index is 0.0199. The highest BCUT2D eigenvalue weighted by Crippen LogP contribution is 2.40. The molecule has 0 aliphatic carbocycles. The fourth-order valence-electron chi connectivity index (χ4n) is 4.78. The lowest BCUT2D eigenvalue weighted by Crippen LogP contribution is -2.40. The van der Waals surface area contributed by atoms with E-state index >= 15 is 0 Å². The molecule has 2 aromatic rings. The maximum atomic E-state index is 13.2. The molecule has 1 atom stereocenters. The third-order valence-corrected chi connectivity index (χ3v) is 8.85. The molecule has 2 aromatic carbocycles. The largest absolute Gasteiger partial charge is 0.507 e. The molecular weight excluding hydrogens is 508 g/mol. The predicted octanol–water partition coefficient (Wildman–Crippen LogP) is 3.29. The Hall–Kier alpha value is -3.05. The van der Waals surface area contributed by atoms with Crippen molar-refractivity contribution in [2.24, 2.45) is 0 Å². The number of hydrogen-bond donors (Lipinski definition) is 1. The first kappa shape index (κ1) is 28.0. The van der Waals surface area contributed by atoms with Gasteiger partial charge < -0.3 is 19.5 Å². The van der Waals surface area contributed by atoms with E-state index in [-0.39, 0.29) is 41.4 Å². The van der Waals surface area contributed by atoms with E-state index in [0.717, 1.165) is 5.56 Å². The third-order valence-electron chi connectivity index (χ3n) is 6.94. The number of methoxy groups -OCH3 is 1. The van der Waals surface area contributed by atoms with Crippen LogP contribution in [-0.2, 0) is 29.1 Å². The first-order valence-corrected chi connectivity index (χ1v) is 14.2. The number of Topliss-reactive ketones (excluding diaryl/α,β-unsaturated/α-hetero) is 1. The Labute approximate surface area is 223 Å². The van der Waals surface area contributed by atoms with Gasteiger partial charge in [0.15, 0.2) is 0 Å². The standard InChI is InChI=1S/C28H34N2O7S/c1-19(2)20-5-7-21(8-6-20)25-24(27(32)28(33)30(25)13-4-16-36-3)26(31)22-9-11-23(12-10-22)38(34,35)29-14-17-37-18-15-29/h5-12,19,25,31H,4,13-18H2,1-3H3/t25-/m0/s1. The lowest BCUT2D eigenvalue weighted by Gasteiger charge is -2.26. The van der Waals surface area contributed by atoms with E-state index < -0.39 is 27.8 Å². The molecule has 0 radical (unpaired) electrons. The average molecular weight is 543 g/mol. The molecule has 2 aliphatic heterocycles. The molecule has 0 aromatic heterocycles. The number of hydrogen-bond acceptors (Lipinski definition) is 7. The number of aliphatic hydroxyl groups is 1. The van der Waals surface area contributed by atoms with Gasteiger partial charge in [-0.25, -0.2) is 8.42 Å². The minimum Gasteiger partial charge on any atom is -0.507 e. The first-order valence-electron chi connectivity index (χ1n) is 12.7. The van der Waals surface area contributed by atoms with Gasteiger partial charge in [0.1, 0.15) is 5.76 Å². The van der Waals surface area contributed by atoms with Crippen molar-refractivity contribution in [2.75, 3.05) is 46.6 Å². The van der Waals surface area contributed by atoms with E-state index in [0.29, 0.717) is 37.7 Å². The van der Waals surface area contributed by atoms with Crippen molar-refractivity contribution in [3.63, 3.8) is 0 Å². The van der Waals surface area contributed by atoms with Crippen molar-refractivity contribution in [1.82, 2.24) is 9.21 Å². The van der Waals surface area contributed by atoms with E-state index in [1.165, 1.54) is 33.5 Å². The number of carbonyl (C=O) groups is 2. The summed E-state index contributed by atoms with van der Waals surface area (Å²) in [7, 11) is -2.15. The van der Waals surface area contributed by atoms with Gasteiger partial charge in [0.05, 0.1) is 29.7 Å². The molecule has 1 N–H and O–H groups in total. The van der Waals surface area contributed by atoms with E-state index in [1.807, 2.05) is 24.3 Å². The monoisotopic (exact) mass is 542 g/mol. The highest BCUT2D eigenvalue weighted by molar-refractivity contribution is 7.89. The average Bonchev–Trinajstić information content (AvgIpc) is 3.18. The fourth-order valence-corrected chi connectivity index (χ4v) is 6.18. The lowest BCUT2D eigenvalue weighted by atomic mass is 9.93. The number of amides is 1. The smallest absolute Gasteiger partial charge is 0.295 e. The Kier molecular flexibility index (Phi) is 8.67. The molecule has 10 heteroatoms. The first-order chi connectivity index (χ1) is 18.2. The van der Waals surface area contributed by atoms with Crippen molar-refractivity contribution in [3.8, 4) is 0 Å². The van der Waals surface area contributed by atoms with Gasteiger partial charge >= 0.3 is 0 Å². The van der Waals surface area contributed by atoms with Crippen LogP contribution in [0, 0.1) is 0 Å². The molecule has 0 spiro atoms. The highest BCUT2D eigenvalue weighted by Gasteiger charge is 2.45. The minimum atomic E-state index is -3.72. The van der Waals surface area contributed by atoms with Crippen molar-refractivity contribution in [1.29, 1.82) is 0 Å². The van der Waals surface area contributed by atoms with Crippen LogP contribution in [0.1, 0.15) is 48.9 Å². The van der Waals surface area contributed by atoms with Crippen LogP contribution in [0.5, 0.6) is 0 Å². The molecule has 4 rings (SSSR count). The number of benzene rings is 2. The summed E-state index contributed by atoms with van der Waals surface area (Å²) in [5.41, 5.74) is 2.05. The van der Waals surface area contributed by atoms with Gasteiger partial charge in [-0.2, -0.15) is 4.31 Å². The van der Waals surface area contributed by atoms with Gasteiger partial charge in [-0.3, -0.25) is 9.59 Å². The zero-order valence-electron chi connectivity index (χ0n) is 21.9. The van der Waals surface area contributed by atoms with Crippen LogP contribution in [0.25, 0.3) is 5.76 Å². The molecule has 204 valence electrons. The van der Waals surface area contributed by atoms with Gasteiger partial charge in [0.25, 0.3) is 11.7 Å². The molecule has 2 saturated heterocycles. The second kappa shape index (κ2) is 11.8. The Morgan fingerprint density at radius 3 is 2.26 bits per heavy atom. The zero-order valence-corrected chi connectivity index (χ0v) is 22.7. The topological polar surface area (TPSA) is 113 Å². The fraction of sp³-hybridized carbons (Fsp3) is 0.429. The van der Waals surface area contributed by atoms with Crippen molar-refractivity contribution in [3.05, 3.63) is 70.8 Å². The van der Waals surface area contributed by atoms with Crippen LogP contribution in [0.2, 0.25) is 0 Å². The van der Waals surface area contributed by atoms with Gasteiger partial charge in [0, 0.05) is 38.9 Å². The molecule has 0 bridgehead atoms. The summed E-state index contributed by atoms with van der Waals surface area (Å²) >= 11 is 0. The van der Waals surface area contributed by atoms with Crippen LogP contribution >= 0.6 is 0 Å². The number of aliphatic hydroxyl groups excluding tert-OH is 1. The third kappa shape index (κ3) is 5.54. The van der Waals surface area contributed by atoms with Crippen molar-refractivity contribution in [2.45, 2.75) is 37.1 Å². The second-order valence-electron chi connectivity index (χ2n) is 9.70. The van der Waals surface area contributed by atoms with Gasteiger partial charge in [-0.15, -0.1) is 0 Å². The van der Waals surface area contributed by atoms with Crippen LogP contribution in [0.4, 0.5) is 0 Å². The van der Waals surface area contributed by atoms with E-state index in [2.05, 4.69) is 13.8 Å². The number of rotatable bonds is 9. The summed E-state index contributed by atoms with van der Waals surface area (Å²) in [4.78, 5) is 27.8. The summed E-state index contributed by atoms with van der Waals surface area (Å²) in [5, 5.41) is 11.3. The number of likely N-dealkylation sites (tertiary alicyclic amines) is 1. The number of nitrogens with zero attached hydrogens (tertiary/aromatic N) is 2. The molecule has 2 heterocycles. The molecule has 2 fully saturated rings. The van der Waals surface area contributed by atoms with Crippen molar-refractivity contribution >= 4 is 27.5 Å². The molecule has 38 heavy (non-hydrogen) atoms. The maximum Gasteiger partial charge on any atom is 0.295 e. The van der Waals surface area contributed by atoms with Gasteiger partial charge in [0.2, 0.25) is 10.0 Å². The van der Waals surface area contributed by atoms with E-state index in [1.54, 1.807) is 7.11 Å². The second-order valence-corrected chi connectivity index (χ2v) is 11.6. The Bertz CT molecular complexity index is 1300. The van der Waals surface area contributed by atoms with Crippen LogP contribution in [0.3, 0.4) is 0 Å². The maximum absolute atomic E-state index is 13.2. The van der Waals surface area contributed by atoms with Crippen molar-refractivity contribution < 1.29 is 32.6 Å². The molecule has 0 unspecified atom stereocenters. The summed E-state index contributed by atoms with van der Waals surface area (Å²) in [5.74, 6) is -1.50. The summed E-state index contributed by atoms with van der Waals surface area (Å²) < 4.78 is 37.7. The zero-order chi connectivity index (χ0) is 27.4. The van der Waals surface area contributed by atoms with Gasteiger partial charge in [-0.1, -0.05) is 38.1 Å². The number of ether oxygens (including phenoxy) is 2. The Morgan fingerprint density at radius 1 is 1.05 bits per heavy atom. The van der Waals surface area contributed by atoms with Crippen LogP contribution in [-0.4, -0.2) is 81.0 Å². The Balaban J connectivity index is 1.72. The molecular formula is C28H34N2O7S. The SMILES string of the molecule is COCCCN1C(=O)C(=O)C(=C(O)c2ccc(S(=O)(=O)N3CCOCC3)cc2)[C@@H]1c1ccc(C(C)C)cc1. The Morgan fingerprint density at radius 2 is 1.68 bits per heavy atom. The number of carbonyl (C=O) groups excluding carboxylic acids is 2. The van der Waals surface area contributed by atoms with Gasteiger partial charge in [-0.05, 0) is 47.7 Å². The van der Waals surface area contributed by atoms with Crippen LogP contribution < -0.4 is 0 Å². The summed E-state index contributed by atoms with van der Waals surface area (Å²) in [6.45, 7) is 6.06. The highest BCUT2D eigenvalue weighted by atomic mass is 32.2. The molecule has 0 saturated carbocycles. The number of ketones is 1. The predicted molar refractivity (Wildman–Crippen MR) is 142 cm³/mol. The number of sulfonamides is 1. The summed E-state index contributed by atoms with van der Waals surface area (Å²) in [6.07, 6.45) is 0.526. The molecule has 1 amide bonds. The molecule has 9 nitrogen and oxygen atoms in total. The van der Waals surface area contributed by atoms with E-state index in [9.17, 15) is 23.1 Å². The van der Waals surface area contributed by atoms with E-state index in [4.69, 9.17) is 9.47 Å².